The van der Waals surface area contributed by atoms with Crippen LogP contribution in [0.2, 0.25) is 0 Å². The molecule has 0 fully saturated rings. The first-order chi connectivity index (χ1) is 9.29. The van der Waals surface area contributed by atoms with Gasteiger partial charge in [-0.1, -0.05) is 6.08 Å². The number of benzene rings is 1. The van der Waals surface area contributed by atoms with Crippen LogP contribution in [0.5, 0.6) is 5.75 Å². The van der Waals surface area contributed by atoms with E-state index in [0.717, 1.165) is 6.08 Å². The lowest BCUT2D eigenvalue weighted by Crippen LogP contribution is -2.36. The van der Waals surface area contributed by atoms with E-state index in [1.54, 1.807) is 0 Å². The second-order valence-electron chi connectivity index (χ2n) is 4.39. The number of phenolic OH excluding ortho intramolecular Hbond substituents is 1. The van der Waals surface area contributed by atoms with Gasteiger partial charge in [0.2, 0.25) is 0 Å². The number of alkyl halides is 3. The molecular formula is C13H11BrF3NO2. The van der Waals surface area contributed by atoms with Gasteiger partial charge in [0, 0.05) is 24.2 Å². The van der Waals surface area contributed by atoms with Crippen molar-refractivity contribution in [3.8, 4) is 5.75 Å². The highest BCUT2D eigenvalue weighted by Gasteiger charge is 2.35. The molecule has 0 aromatic heterocycles. The van der Waals surface area contributed by atoms with E-state index in [0.29, 0.717) is 4.47 Å². The van der Waals surface area contributed by atoms with E-state index in [9.17, 15) is 23.1 Å². The normalized spacial score (nSPS) is 16.0. The van der Waals surface area contributed by atoms with Gasteiger partial charge in [-0.2, -0.15) is 13.2 Å². The standard InChI is InChI=1S/C13H11BrF3NO2/c14-10-2-1-8(7-11(10)19)12(20)18-5-3-9(4-6-18)13(15,16)17/h1-3,7,19H,4-6H2. The molecule has 0 bridgehead atoms. The van der Waals surface area contributed by atoms with Gasteiger partial charge in [0.05, 0.1) is 4.47 Å². The summed E-state index contributed by atoms with van der Waals surface area (Å²) in [6.45, 7) is -0.0640. The summed E-state index contributed by atoms with van der Waals surface area (Å²) in [5, 5.41) is 9.52. The smallest absolute Gasteiger partial charge is 0.412 e. The number of amides is 1. The van der Waals surface area contributed by atoms with Gasteiger partial charge in [-0.25, -0.2) is 0 Å². The van der Waals surface area contributed by atoms with Crippen LogP contribution in [0.1, 0.15) is 16.8 Å². The van der Waals surface area contributed by atoms with E-state index < -0.39 is 17.7 Å². The Balaban J connectivity index is 2.12. The van der Waals surface area contributed by atoms with Gasteiger partial charge in [-0.05, 0) is 40.5 Å². The van der Waals surface area contributed by atoms with Crippen LogP contribution in [-0.4, -0.2) is 35.2 Å². The Bertz CT molecular complexity index is 569. The van der Waals surface area contributed by atoms with E-state index in [4.69, 9.17) is 0 Å². The molecule has 108 valence electrons. The molecule has 0 unspecified atom stereocenters. The molecule has 0 radical (unpaired) electrons. The van der Waals surface area contributed by atoms with Crippen molar-refractivity contribution in [3.63, 3.8) is 0 Å². The number of nitrogens with zero attached hydrogens (tertiary/aromatic N) is 1. The Morgan fingerprint density at radius 1 is 1.35 bits per heavy atom. The van der Waals surface area contributed by atoms with E-state index in [1.165, 1.54) is 23.1 Å². The van der Waals surface area contributed by atoms with Crippen LogP contribution >= 0.6 is 15.9 Å². The topological polar surface area (TPSA) is 40.5 Å². The van der Waals surface area contributed by atoms with Crippen molar-refractivity contribution in [1.29, 1.82) is 0 Å². The molecule has 1 aliphatic heterocycles. The summed E-state index contributed by atoms with van der Waals surface area (Å²) in [6.07, 6.45) is -3.51. The number of hydrogen-bond donors (Lipinski definition) is 1. The summed E-state index contributed by atoms with van der Waals surface area (Å²) in [6, 6.07) is 4.31. The first-order valence-electron chi connectivity index (χ1n) is 5.83. The van der Waals surface area contributed by atoms with Crippen LogP contribution in [0.4, 0.5) is 13.2 Å². The molecule has 0 saturated heterocycles. The molecule has 0 saturated carbocycles. The summed E-state index contributed by atoms with van der Waals surface area (Å²) in [5.41, 5.74) is -0.352. The van der Waals surface area contributed by atoms with E-state index in [1.807, 2.05) is 0 Å². The second-order valence-corrected chi connectivity index (χ2v) is 5.25. The van der Waals surface area contributed by atoms with Crippen molar-refractivity contribution in [2.45, 2.75) is 12.6 Å². The summed E-state index contributed by atoms with van der Waals surface area (Å²) in [4.78, 5) is 13.4. The lowest BCUT2D eigenvalue weighted by atomic mass is 10.1. The van der Waals surface area contributed by atoms with Gasteiger partial charge in [-0.3, -0.25) is 4.79 Å². The lowest BCUT2D eigenvalue weighted by Gasteiger charge is -2.27. The van der Waals surface area contributed by atoms with Gasteiger partial charge >= 0.3 is 6.18 Å². The third-order valence-electron chi connectivity index (χ3n) is 3.05. The van der Waals surface area contributed by atoms with Crippen LogP contribution in [0.15, 0.2) is 34.3 Å². The summed E-state index contributed by atoms with van der Waals surface area (Å²) < 4.78 is 37.9. The van der Waals surface area contributed by atoms with Gasteiger partial charge in [-0.15, -0.1) is 0 Å². The first kappa shape index (κ1) is 14.9. The van der Waals surface area contributed by atoms with Gasteiger partial charge in [0.25, 0.3) is 5.91 Å². The average molecular weight is 350 g/mol. The summed E-state index contributed by atoms with van der Waals surface area (Å²) >= 11 is 3.09. The minimum absolute atomic E-state index is 0.0149. The number of halogens is 4. The summed E-state index contributed by atoms with van der Waals surface area (Å²) in [7, 11) is 0. The fraction of sp³-hybridized carbons (Fsp3) is 0.308. The molecule has 3 nitrogen and oxygen atoms in total. The maximum atomic E-state index is 12.5. The van der Waals surface area contributed by atoms with Gasteiger partial charge in [0.1, 0.15) is 5.75 Å². The second kappa shape index (κ2) is 5.47. The quantitative estimate of drug-likeness (QED) is 0.788. The molecule has 1 N–H and O–H groups in total. The maximum absolute atomic E-state index is 12.5. The lowest BCUT2D eigenvalue weighted by molar-refractivity contribution is -0.0957. The molecule has 20 heavy (non-hydrogen) atoms. The number of phenols is 1. The molecular weight excluding hydrogens is 339 g/mol. The van der Waals surface area contributed by atoms with E-state index in [-0.39, 0.29) is 30.8 Å². The van der Waals surface area contributed by atoms with Crippen LogP contribution in [-0.2, 0) is 0 Å². The Hall–Kier alpha value is -1.50. The van der Waals surface area contributed by atoms with Crippen molar-refractivity contribution in [2.75, 3.05) is 13.1 Å². The third-order valence-corrected chi connectivity index (χ3v) is 3.72. The Morgan fingerprint density at radius 3 is 2.55 bits per heavy atom. The Morgan fingerprint density at radius 2 is 2.05 bits per heavy atom. The maximum Gasteiger partial charge on any atom is 0.412 e. The Labute approximate surface area is 121 Å². The van der Waals surface area contributed by atoms with Crippen LogP contribution < -0.4 is 0 Å². The summed E-state index contributed by atoms with van der Waals surface area (Å²) in [5.74, 6) is -0.482. The number of carbonyl (C=O) groups is 1. The van der Waals surface area contributed by atoms with E-state index in [2.05, 4.69) is 15.9 Å². The van der Waals surface area contributed by atoms with Crippen LogP contribution in [0.25, 0.3) is 0 Å². The predicted molar refractivity (Wildman–Crippen MR) is 70.5 cm³/mol. The monoisotopic (exact) mass is 349 g/mol. The fourth-order valence-corrected chi connectivity index (χ4v) is 2.19. The average Bonchev–Trinajstić information content (AvgIpc) is 2.40. The van der Waals surface area contributed by atoms with Crippen molar-refractivity contribution in [3.05, 3.63) is 39.9 Å². The third kappa shape index (κ3) is 3.15. The molecule has 1 amide bonds. The molecule has 0 atom stereocenters. The number of rotatable bonds is 1. The zero-order valence-electron chi connectivity index (χ0n) is 10.2. The highest BCUT2D eigenvalue weighted by atomic mass is 79.9. The Kier molecular flexibility index (Phi) is 4.08. The molecule has 0 aliphatic carbocycles. The molecule has 7 heteroatoms. The fourth-order valence-electron chi connectivity index (χ4n) is 1.94. The zero-order chi connectivity index (χ0) is 14.9. The molecule has 1 aliphatic rings. The van der Waals surface area contributed by atoms with Crippen molar-refractivity contribution in [1.82, 2.24) is 4.90 Å². The minimum Gasteiger partial charge on any atom is -0.507 e. The van der Waals surface area contributed by atoms with Crippen LogP contribution in [0, 0.1) is 0 Å². The molecule has 1 aromatic carbocycles. The van der Waals surface area contributed by atoms with Gasteiger partial charge in [0.15, 0.2) is 0 Å². The number of hydrogen-bond acceptors (Lipinski definition) is 2. The number of carbonyl (C=O) groups excluding carboxylic acids is 1. The van der Waals surface area contributed by atoms with Gasteiger partial charge < -0.3 is 10.0 Å². The minimum atomic E-state index is -4.33. The largest absolute Gasteiger partial charge is 0.507 e. The first-order valence-corrected chi connectivity index (χ1v) is 6.62. The zero-order valence-corrected chi connectivity index (χ0v) is 11.8. The molecule has 1 aromatic rings. The van der Waals surface area contributed by atoms with Crippen molar-refractivity contribution in [2.24, 2.45) is 0 Å². The molecule has 2 rings (SSSR count). The highest BCUT2D eigenvalue weighted by molar-refractivity contribution is 9.10. The van der Waals surface area contributed by atoms with Crippen LogP contribution in [0.3, 0.4) is 0 Å². The molecule has 1 heterocycles. The van der Waals surface area contributed by atoms with Crippen molar-refractivity contribution < 1.29 is 23.1 Å². The molecule has 0 spiro atoms. The van der Waals surface area contributed by atoms with E-state index >= 15 is 0 Å². The number of aromatic hydroxyl groups is 1. The predicted octanol–water partition coefficient (Wildman–Crippen LogP) is 3.49. The highest BCUT2D eigenvalue weighted by Crippen LogP contribution is 2.31. The van der Waals surface area contributed by atoms with Crippen molar-refractivity contribution >= 4 is 21.8 Å². The SMILES string of the molecule is O=C(c1ccc(Br)c(O)c1)N1CC=C(C(F)(F)F)CC1.